The molecule has 0 saturated heterocycles. The highest BCUT2D eigenvalue weighted by Gasteiger charge is 2.07. The summed E-state index contributed by atoms with van der Waals surface area (Å²) in [6.07, 6.45) is 1.83. The second-order valence-electron chi connectivity index (χ2n) is 4.44. The van der Waals surface area contributed by atoms with Crippen LogP contribution in [0.15, 0.2) is 48.7 Å². The molecule has 1 heterocycles. The molecule has 3 rings (SSSR count). The molecule has 3 aromatic rings. The van der Waals surface area contributed by atoms with Crippen molar-refractivity contribution in [3.8, 4) is 11.5 Å². The third kappa shape index (κ3) is 2.32. The van der Waals surface area contributed by atoms with E-state index in [0.29, 0.717) is 18.1 Å². The van der Waals surface area contributed by atoms with Crippen molar-refractivity contribution in [2.75, 3.05) is 7.11 Å². The van der Waals surface area contributed by atoms with E-state index in [1.807, 2.05) is 30.5 Å². The van der Waals surface area contributed by atoms with Crippen molar-refractivity contribution in [1.29, 1.82) is 0 Å². The van der Waals surface area contributed by atoms with E-state index in [1.165, 1.54) is 12.1 Å². The number of ether oxygens (including phenoxy) is 2. The molecule has 0 amide bonds. The monoisotopic (exact) mass is 271 g/mol. The highest BCUT2D eigenvalue weighted by atomic mass is 19.1. The van der Waals surface area contributed by atoms with Crippen LogP contribution < -0.4 is 9.47 Å². The summed E-state index contributed by atoms with van der Waals surface area (Å²) in [5.74, 6) is 1.13. The van der Waals surface area contributed by atoms with Crippen molar-refractivity contribution in [3.63, 3.8) is 0 Å². The summed E-state index contributed by atoms with van der Waals surface area (Å²) < 4.78 is 24.1. The first kappa shape index (κ1) is 12.5. The van der Waals surface area contributed by atoms with E-state index < -0.39 is 0 Å². The highest BCUT2D eigenvalue weighted by molar-refractivity contribution is 5.83. The first-order chi connectivity index (χ1) is 9.78. The lowest BCUT2D eigenvalue weighted by Crippen LogP contribution is -1.96. The van der Waals surface area contributed by atoms with Crippen LogP contribution in [0.25, 0.3) is 10.9 Å². The minimum Gasteiger partial charge on any atom is -0.493 e. The molecule has 0 saturated carbocycles. The fourth-order valence-corrected chi connectivity index (χ4v) is 2.17. The number of nitrogens with one attached hydrogen (secondary N) is 1. The number of aromatic nitrogens is 1. The minimum absolute atomic E-state index is 0.253. The van der Waals surface area contributed by atoms with Gasteiger partial charge in [0.2, 0.25) is 0 Å². The standard InChI is InChI=1S/C16H14FNO2/c1-19-15-4-2-3-5-16(15)20-10-11-9-18-14-8-12(17)6-7-13(11)14/h2-9,18H,10H2,1H3. The van der Waals surface area contributed by atoms with E-state index in [-0.39, 0.29) is 5.82 Å². The molecule has 102 valence electrons. The molecule has 1 N–H and O–H groups in total. The third-order valence-corrected chi connectivity index (χ3v) is 3.18. The molecule has 0 bridgehead atoms. The molecule has 20 heavy (non-hydrogen) atoms. The van der Waals surface area contributed by atoms with Crippen molar-refractivity contribution in [2.45, 2.75) is 6.61 Å². The molecule has 0 spiro atoms. The first-order valence-electron chi connectivity index (χ1n) is 6.29. The van der Waals surface area contributed by atoms with Gasteiger partial charge in [-0.2, -0.15) is 0 Å². The van der Waals surface area contributed by atoms with Crippen LogP contribution in [0.5, 0.6) is 11.5 Å². The average Bonchev–Trinajstić information content (AvgIpc) is 2.87. The zero-order valence-corrected chi connectivity index (χ0v) is 11.0. The lowest BCUT2D eigenvalue weighted by Gasteiger charge is -2.09. The lowest BCUT2D eigenvalue weighted by atomic mass is 10.2. The van der Waals surface area contributed by atoms with E-state index in [9.17, 15) is 4.39 Å². The van der Waals surface area contributed by atoms with E-state index in [2.05, 4.69) is 4.98 Å². The molecule has 4 heteroatoms. The fourth-order valence-electron chi connectivity index (χ4n) is 2.17. The van der Waals surface area contributed by atoms with Crippen LogP contribution in [0.1, 0.15) is 5.56 Å². The summed E-state index contributed by atoms with van der Waals surface area (Å²) in [5, 5.41) is 0.960. The number of methoxy groups -OCH3 is 1. The van der Waals surface area contributed by atoms with Gasteiger partial charge in [0.05, 0.1) is 7.11 Å². The molecule has 0 aliphatic heterocycles. The van der Waals surface area contributed by atoms with Gasteiger partial charge in [-0.3, -0.25) is 0 Å². The molecular weight excluding hydrogens is 257 g/mol. The minimum atomic E-state index is -0.253. The van der Waals surface area contributed by atoms with Gasteiger partial charge in [-0.25, -0.2) is 4.39 Å². The summed E-state index contributed by atoms with van der Waals surface area (Å²) in [4.78, 5) is 3.04. The van der Waals surface area contributed by atoms with Crippen molar-refractivity contribution >= 4 is 10.9 Å². The Kier molecular flexibility index (Phi) is 3.29. The Morgan fingerprint density at radius 2 is 1.90 bits per heavy atom. The number of para-hydroxylation sites is 2. The van der Waals surface area contributed by atoms with Crippen LogP contribution in [0.4, 0.5) is 4.39 Å². The predicted molar refractivity (Wildman–Crippen MR) is 75.6 cm³/mol. The number of benzene rings is 2. The van der Waals surface area contributed by atoms with Crippen LogP contribution in [0.3, 0.4) is 0 Å². The zero-order valence-electron chi connectivity index (χ0n) is 11.0. The summed E-state index contributed by atoms with van der Waals surface area (Å²) in [5.41, 5.74) is 1.74. The Morgan fingerprint density at radius 3 is 2.70 bits per heavy atom. The van der Waals surface area contributed by atoms with Crippen molar-refractivity contribution in [1.82, 2.24) is 4.98 Å². The predicted octanol–water partition coefficient (Wildman–Crippen LogP) is 3.89. The van der Waals surface area contributed by atoms with Crippen molar-refractivity contribution < 1.29 is 13.9 Å². The zero-order chi connectivity index (χ0) is 13.9. The SMILES string of the molecule is COc1ccccc1OCc1c[nH]c2cc(F)ccc12. The normalized spacial score (nSPS) is 10.7. The fraction of sp³-hybridized carbons (Fsp3) is 0.125. The van der Waals surface area contributed by atoms with Crippen molar-refractivity contribution in [2.24, 2.45) is 0 Å². The van der Waals surface area contributed by atoms with Crippen LogP contribution in [-0.4, -0.2) is 12.1 Å². The highest BCUT2D eigenvalue weighted by Crippen LogP contribution is 2.28. The van der Waals surface area contributed by atoms with Gasteiger partial charge in [-0.05, 0) is 30.3 Å². The molecule has 3 nitrogen and oxygen atoms in total. The van der Waals surface area contributed by atoms with E-state index in [4.69, 9.17) is 9.47 Å². The Hall–Kier alpha value is -2.49. The maximum atomic E-state index is 13.1. The lowest BCUT2D eigenvalue weighted by molar-refractivity contribution is 0.285. The summed E-state index contributed by atoms with van der Waals surface area (Å²) >= 11 is 0. The molecular formula is C16H14FNO2. The number of hydrogen-bond acceptors (Lipinski definition) is 2. The van der Waals surface area contributed by atoms with Crippen molar-refractivity contribution in [3.05, 3.63) is 60.0 Å². The van der Waals surface area contributed by atoms with Gasteiger partial charge >= 0.3 is 0 Å². The van der Waals surface area contributed by atoms with E-state index in [1.54, 1.807) is 13.2 Å². The van der Waals surface area contributed by atoms with Crippen LogP contribution >= 0.6 is 0 Å². The molecule has 0 aliphatic carbocycles. The number of halogens is 1. The Morgan fingerprint density at radius 1 is 1.10 bits per heavy atom. The number of H-pyrrole nitrogens is 1. The number of fused-ring (bicyclic) bond motifs is 1. The maximum Gasteiger partial charge on any atom is 0.161 e. The molecule has 0 atom stereocenters. The van der Waals surface area contributed by atoms with Gasteiger partial charge in [0.1, 0.15) is 12.4 Å². The molecule has 0 aliphatic rings. The van der Waals surface area contributed by atoms with Gasteiger partial charge in [0.25, 0.3) is 0 Å². The second kappa shape index (κ2) is 5.25. The summed E-state index contributed by atoms with van der Waals surface area (Å²) in [7, 11) is 1.61. The van der Waals surface area contributed by atoms with Gasteiger partial charge in [-0.1, -0.05) is 12.1 Å². The van der Waals surface area contributed by atoms with Gasteiger partial charge in [-0.15, -0.1) is 0 Å². The first-order valence-corrected chi connectivity index (χ1v) is 6.29. The van der Waals surface area contributed by atoms with Crippen LogP contribution in [0.2, 0.25) is 0 Å². The molecule has 0 fully saturated rings. The number of aromatic amines is 1. The van der Waals surface area contributed by atoms with Gasteiger partial charge in [0, 0.05) is 22.7 Å². The molecule has 0 unspecified atom stereocenters. The molecule has 1 aromatic heterocycles. The smallest absolute Gasteiger partial charge is 0.161 e. The number of rotatable bonds is 4. The summed E-state index contributed by atoms with van der Waals surface area (Å²) in [6.45, 7) is 0.395. The third-order valence-electron chi connectivity index (χ3n) is 3.18. The van der Waals surface area contributed by atoms with Gasteiger partial charge in [0.15, 0.2) is 11.5 Å². The van der Waals surface area contributed by atoms with Crippen LogP contribution in [-0.2, 0) is 6.61 Å². The summed E-state index contributed by atoms with van der Waals surface area (Å²) in [6, 6.07) is 12.2. The Bertz CT molecular complexity index is 736. The molecule has 0 radical (unpaired) electrons. The number of hydrogen-bond donors (Lipinski definition) is 1. The van der Waals surface area contributed by atoms with E-state index >= 15 is 0 Å². The Labute approximate surface area is 116 Å². The topological polar surface area (TPSA) is 34.2 Å². The Balaban J connectivity index is 1.83. The largest absolute Gasteiger partial charge is 0.493 e. The second-order valence-corrected chi connectivity index (χ2v) is 4.44. The quantitative estimate of drug-likeness (QED) is 0.781. The maximum absolute atomic E-state index is 13.1. The van der Waals surface area contributed by atoms with E-state index in [0.717, 1.165) is 16.5 Å². The van der Waals surface area contributed by atoms with Gasteiger partial charge < -0.3 is 14.5 Å². The molecule has 2 aromatic carbocycles. The average molecular weight is 271 g/mol. The van der Waals surface area contributed by atoms with Crippen LogP contribution in [0, 0.1) is 5.82 Å².